The van der Waals surface area contributed by atoms with Gasteiger partial charge in [-0.25, -0.2) is 0 Å². The summed E-state index contributed by atoms with van der Waals surface area (Å²) in [5.74, 6) is 0. The number of aliphatic hydroxyl groups excluding tert-OH is 1. The molecule has 0 spiro atoms. The van der Waals surface area contributed by atoms with E-state index in [1.165, 1.54) is 0 Å². The quantitative estimate of drug-likeness (QED) is 0.832. The minimum Gasteiger partial charge on any atom is -0.394 e. The van der Waals surface area contributed by atoms with Crippen molar-refractivity contribution in [2.24, 2.45) is 0 Å². The number of hydrogen-bond acceptors (Lipinski definition) is 5. The maximum atomic E-state index is 9.27. The number of rotatable bonds is 6. The van der Waals surface area contributed by atoms with E-state index in [-0.39, 0.29) is 18.8 Å². The largest absolute Gasteiger partial charge is 0.394 e. The van der Waals surface area contributed by atoms with Gasteiger partial charge in [-0.2, -0.15) is 0 Å². The Morgan fingerprint density at radius 3 is 2.37 bits per heavy atom. The van der Waals surface area contributed by atoms with Crippen LogP contribution in [0.4, 0.5) is 0 Å². The molecule has 0 bridgehead atoms. The van der Waals surface area contributed by atoms with E-state index in [1.54, 1.807) is 14.2 Å². The Labute approximate surface area is 113 Å². The van der Waals surface area contributed by atoms with E-state index in [0.29, 0.717) is 6.61 Å². The van der Waals surface area contributed by atoms with Crippen LogP contribution in [0.15, 0.2) is 30.3 Å². The molecule has 0 radical (unpaired) electrons. The second kappa shape index (κ2) is 6.98. The molecule has 106 valence electrons. The molecule has 1 N–H and O–H groups in total. The summed E-state index contributed by atoms with van der Waals surface area (Å²) in [5, 5.41) is 9.27. The molecule has 2 rings (SSSR count). The van der Waals surface area contributed by atoms with Gasteiger partial charge in [-0.05, 0) is 5.56 Å². The molecule has 1 aliphatic rings. The van der Waals surface area contributed by atoms with Gasteiger partial charge in [-0.3, -0.25) is 0 Å². The molecule has 19 heavy (non-hydrogen) atoms. The Balaban J connectivity index is 1.96. The average molecular weight is 268 g/mol. The van der Waals surface area contributed by atoms with Crippen LogP contribution in [0.25, 0.3) is 0 Å². The summed E-state index contributed by atoms with van der Waals surface area (Å²) in [7, 11) is 3.15. The van der Waals surface area contributed by atoms with Crippen molar-refractivity contribution in [2.45, 2.75) is 31.2 Å². The van der Waals surface area contributed by atoms with Gasteiger partial charge in [0.05, 0.1) is 13.2 Å². The van der Waals surface area contributed by atoms with Crippen LogP contribution in [0.2, 0.25) is 0 Å². The molecule has 1 aromatic carbocycles. The molecule has 1 heterocycles. The number of ether oxygens (including phenoxy) is 4. The molecule has 1 aromatic rings. The first kappa shape index (κ1) is 14.4. The Morgan fingerprint density at radius 1 is 1.11 bits per heavy atom. The molecule has 0 aromatic heterocycles. The van der Waals surface area contributed by atoms with E-state index in [4.69, 9.17) is 18.9 Å². The van der Waals surface area contributed by atoms with Crippen LogP contribution in [0.1, 0.15) is 5.56 Å². The maximum absolute atomic E-state index is 9.27. The highest BCUT2D eigenvalue weighted by Crippen LogP contribution is 2.27. The smallest absolute Gasteiger partial charge is 0.187 e. The monoisotopic (exact) mass is 268 g/mol. The van der Waals surface area contributed by atoms with Crippen molar-refractivity contribution in [3.8, 4) is 0 Å². The van der Waals surface area contributed by atoms with Crippen LogP contribution in [-0.2, 0) is 25.6 Å². The number of methoxy groups -OCH3 is 2. The van der Waals surface area contributed by atoms with E-state index in [9.17, 15) is 5.11 Å². The van der Waals surface area contributed by atoms with Crippen molar-refractivity contribution in [3.05, 3.63) is 35.9 Å². The number of hydrogen-bond donors (Lipinski definition) is 1. The van der Waals surface area contributed by atoms with Crippen LogP contribution >= 0.6 is 0 Å². The Kier molecular flexibility index (Phi) is 5.30. The molecule has 4 unspecified atom stereocenters. The van der Waals surface area contributed by atoms with Gasteiger partial charge < -0.3 is 24.1 Å². The van der Waals surface area contributed by atoms with Gasteiger partial charge in [0.25, 0.3) is 0 Å². The molecule has 4 atom stereocenters. The molecule has 0 saturated carbocycles. The Bertz CT molecular complexity index is 369. The lowest BCUT2D eigenvalue weighted by Gasteiger charge is -2.21. The second-order valence-corrected chi connectivity index (χ2v) is 4.42. The standard InChI is InChI=1S/C14H20O5/c1-16-12-11(8-15)19-14(13(12)17-2)18-9-10-6-4-3-5-7-10/h3-7,11-15H,8-9H2,1-2H3. The zero-order chi connectivity index (χ0) is 13.7. The van der Waals surface area contributed by atoms with Crippen LogP contribution in [-0.4, -0.2) is 50.5 Å². The Hall–Kier alpha value is -0.980. The van der Waals surface area contributed by atoms with Crippen molar-refractivity contribution in [2.75, 3.05) is 20.8 Å². The summed E-state index contributed by atoms with van der Waals surface area (Å²) in [6.07, 6.45) is -1.62. The maximum Gasteiger partial charge on any atom is 0.187 e. The van der Waals surface area contributed by atoms with Crippen molar-refractivity contribution in [1.82, 2.24) is 0 Å². The third kappa shape index (κ3) is 3.32. The SMILES string of the molecule is COC1C(CO)OC(OCc2ccccc2)C1OC. The fourth-order valence-electron chi connectivity index (χ4n) is 2.26. The van der Waals surface area contributed by atoms with E-state index in [2.05, 4.69) is 0 Å². The van der Waals surface area contributed by atoms with Crippen molar-refractivity contribution in [3.63, 3.8) is 0 Å². The van der Waals surface area contributed by atoms with Crippen molar-refractivity contribution in [1.29, 1.82) is 0 Å². The lowest BCUT2D eigenvalue weighted by Crippen LogP contribution is -2.37. The zero-order valence-corrected chi connectivity index (χ0v) is 11.2. The summed E-state index contributed by atoms with van der Waals surface area (Å²) >= 11 is 0. The van der Waals surface area contributed by atoms with E-state index in [0.717, 1.165) is 5.56 Å². The first-order chi connectivity index (χ1) is 9.30. The van der Waals surface area contributed by atoms with E-state index < -0.39 is 12.4 Å². The van der Waals surface area contributed by atoms with Crippen LogP contribution in [0.5, 0.6) is 0 Å². The van der Waals surface area contributed by atoms with E-state index >= 15 is 0 Å². The lowest BCUT2D eigenvalue weighted by atomic mass is 10.1. The molecule has 0 amide bonds. The van der Waals surface area contributed by atoms with Crippen molar-refractivity contribution < 1.29 is 24.1 Å². The highest BCUT2D eigenvalue weighted by atomic mass is 16.7. The van der Waals surface area contributed by atoms with Gasteiger partial charge in [-0.15, -0.1) is 0 Å². The average Bonchev–Trinajstić information content (AvgIpc) is 2.82. The minimum atomic E-state index is -0.535. The number of aliphatic hydroxyl groups is 1. The third-order valence-corrected chi connectivity index (χ3v) is 3.25. The van der Waals surface area contributed by atoms with Gasteiger partial charge in [0.15, 0.2) is 6.29 Å². The summed E-state index contributed by atoms with van der Waals surface area (Å²) in [4.78, 5) is 0. The molecule has 1 fully saturated rings. The van der Waals surface area contributed by atoms with Crippen LogP contribution < -0.4 is 0 Å². The van der Waals surface area contributed by atoms with Gasteiger partial charge in [0.2, 0.25) is 0 Å². The lowest BCUT2D eigenvalue weighted by molar-refractivity contribution is -0.181. The molecule has 0 aliphatic carbocycles. The topological polar surface area (TPSA) is 57.2 Å². The predicted octanol–water partition coefficient (Wildman–Crippen LogP) is 0.950. The zero-order valence-electron chi connectivity index (χ0n) is 11.2. The summed E-state index contributed by atoms with van der Waals surface area (Å²) in [5.41, 5.74) is 1.06. The first-order valence-electron chi connectivity index (χ1n) is 6.27. The predicted molar refractivity (Wildman–Crippen MR) is 68.6 cm³/mol. The van der Waals surface area contributed by atoms with Gasteiger partial charge in [0.1, 0.15) is 18.3 Å². The molecular formula is C14H20O5. The molecule has 5 heteroatoms. The van der Waals surface area contributed by atoms with Crippen LogP contribution in [0, 0.1) is 0 Å². The fraction of sp³-hybridized carbons (Fsp3) is 0.571. The van der Waals surface area contributed by atoms with Gasteiger partial charge in [0, 0.05) is 14.2 Å². The van der Waals surface area contributed by atoms with Crippen molar-refractivity contribution >= 4 is 0 Å². The summed E-state index contributed by atoms with van der Waals surface area (Å²) in [6.45, 7) is 0.309. The van der Waals surface area contributed by atoms with Crippen LogP contribution in [0.3, 0.4) is 0 Å². The molecule has 5 nitrogen and oxygen atoms in total. The highest BCUT2D eigenvalue weighted by molar-refractivity contribution is 5.13. The molecular weight excluding hydrogens is 248 g/mol. The normalized spacial score (nSPS) is 30.7. The Morgan fingerprint density at radius 2 is 1.79 bits per heavy atom. The van der Waals surface area contributed by atoms with Gasteiger partial charge in [-0.1, -0.05) is 30.3 Å². The third-order valence-electron chi connectivity index (χ3n) is 3.25. The minimum absolute atomic E-state index is 0.121. The fourth-order valence-corrected chi connectivity index (χ4v) is 2.26. The molecule has 1 aliphatic heterocycles. The summed E-state index contributed by atoms with van der Waals surface area (Å²) in [6, 6.07) is 9.82. The first-order valence-corrected chi connectivity index (χ1v) is 6.27. The van der Waals surface area contributed by atoms with Gasteiger partial charge >= 0.3 is 0 Å². The second-order valence-electron chi connectivity index (χ2n) is 4.42. The van der Waals surface area contributed by atoms with E-state index in [1.807, 2.05) is 30.3 Å². The number of benzene rings is 1. The molecule has 1 saturated heterocycles. The summed E-state index contributed by atoms with van der Waals surface area (Å²) < 4.78 is 22.0. The highest BCUT2D eigenvalue weighted by Gasteiger charge is 2.45.